The van der Waals surface area contributed by atoms with Gasteiger partial charge in [-0.15, -0.1) is 0 Å². The Morgan fingerprint density at radius 1 is 1.33 bits per heavy atom. The van der Waals surface area contributed by atoms with Gasteiger partial charge in [-0.25, -0.2) is 4.79 Å². The van der Waals surface area contributed by atoms with Gasteiger partial charge in [-0.2, -0.15) is 5.10 Å². The van der Waals surface area contributed by atoms with Gasteiger partial charge in [0, 0.05) is 0 Å². The summed E-state index contributed by atoms with van der Waals surface area (Å²) in [5.74, 6) is 0.494. The maximum atomic E-state index is 12.4. The molecule has 0 bridgehead atoms. The molecule has 0 amide bonds. The minimum absolute atomic E-state index is 0.0346. The van der Waals surface area contributed by atoms with E-state index in [-0.39, 0.29) is 15.9 Å². The van der Waals surface area contributed by atoms with Gasteiger partial charge in [0.1, 0.15) is 5.75 Å². The lowest BCUT2D eigenvalue weighted by Gasteiger charge is -2.13. The van der Waals surface area contributed by atoms with E-state index in [4.69, 9.17) is 31.5 Å². The fourth-order valence-corrected chi connectivity index (χ4v) is 2.38. The molecule has 0 saturated heterocycles. The Morgan fingerprint density at radius 2 is 2.04 bits per heavy atom. The molecule has 0 fully saturated rings. The Kier molecular flexibility index (Phi) is 7.39. The Morgan fingerprint density at radius 3 is 2.63 bits per heavy atom. The van der Waals surface area contributed by atoms with Crippen LogP contribution in [0.1, 0.15) is 22.8 Å². The number of halogens is 1. The third-order valence-electron chi connectivity index (χ3n) is 3.24. The van der Waals surface area contributed by atoms with Crippen LogP contribution in [0.5, 0.6) is 17.2 Å². The summed E-state index contributed by atoms with van der Waals surface area (Å²) >= 11 is 11.0. The normalized spacial score (nSPS) is 10.5. The van der Waals surface area contributed by atoms with Crippen molar-refractivity contribution in [1.29, 1.82) is 0 Å². The second-order valence-electron chi connectivity index (χ2n) is 5.12. The highest BCUT2D eigenvalue weighted by molar-refractivity contribution is 7.80. The number of hydrogen-bond acceptors (Lipinski definition) is 6. The molecule has 0 radical (unpaired) electrons. The first-order chi connectivity index (χ1) is 12.9. The van der Waals surface area contributed by atoms with Crippen molar-refractivity contribution in [1.82, 2.24) is 5.43 Å². The lowest BCUT2D eigenvalue weighted by atomic mass is 10.2. The lowest BCUT2D eigenvalue weighted by Crippen LogP contribution is -2.24. The summed E-state index contributed by atoms with van der Waals surface area (Å²) < 4.78 is 16.1. The lowest BCUT2D eigenvalue weighted by molar-refractivity contribution is 0.0728. The van der Waals surface area contributed by atoms with E-state index in [0.717, 1.165) is 0 Å². The number of benzene rings is 2. The van der Waals surface area contributed by atoms with Crippen molar-refractivity contribution < 1.29 is 19.0 Å². The summed E-state index contributed by atoms with van der Waals surface area (Å²) in [7, 11) is 1.54. The molecular formula is C18H18ClN3O4S. The highest BCUT2D eigenvalue weighted by atomic mass is 35.5. The number of thiocarbonyl (C=S) groups is 1. The molecule has 2 aromatic rings. The topological polar surface area (TPSA) is 95.2 Å². The summed E-state index contributed by atoms with van der Waals surface area (Å²) in [6.45, 7) is 2.16. The van der Waals surface area contributed by atoms with Crippen molar-refractivity contribution in [2.24, 2.45) is 10.8 Å². The maximum Gasteiger partial charge on any atom is 0.343 e. The molecule has 0 spiro atoms. The van der Waals surface area contributed by atoms with E-state index in [0.29, 0.717) is 29.2 Å². The molecule has 2 rings (SSSR count). The van der Waals surface area contributed by atoms with Crippen molar-refractivity contribution in [3.63, 3.8) is 0 Å². The first kappa shape index (κ1) is 20.5. The molecule has 2 aromatic carbocycles. The zero-order valence-corrected chi connectivity index (χ0v) is 16.3. The summed E-state index contributed by atoms with van der Waals surface area (Å²) in [6.07, 6.45) is 1.46. The summed E-state index contributed by atoms with van der Waals surface area (Å²) in [5, 5.41) is 4.09. The molecule has 0 aliphatic heterocycles. The van der Waals surface area contributed by atoms with Crippen LogP contribution in [0.4, 0.5) is 0 Å². The summed E-state index contributed by atoms with van der Waals surface area (Å²) in [5.41, 5.74) is 8.70. The van der Waals surface area contributed by atoms with Crippen LogP contribution < -0.4 is 25.4 Å². The van der Waals surface area contributed by atoms with E-state index in [1.165, 1.54) is 6.21 Å². The zero-order valence-electron chi connectivity index (χ0n) is 14.7. The standard InChI is InChI=1S/C18H18ClN3O4S/c1-3-25-15-9-11(10-21-22-18(20)27)8-14(19)16(15)26-17(23)12-4-6-13(24-2)7-5-12/h4-10H,3H2,1-2H3,(H3,20,22,27)/b21-10-. The maximum absolute atomic E-state index is 12.4. The molecule has 0 heterocycles. The predicted molar refractivity (Wildman–Crippen MR) is 108 cm³/mol. The minimum Gasteiger partial charge on any atom is -0.497 e. The molecule has 7 nitrogen and oxygen atoms in total. The van der Waals surface area contributed by atoms with Crippen molar-refractivity contribution in [3.8, 4) is 17.2 Å². The quantitative estimate of drug-likeness (QED) is 0.239. The molecule has 142 valence electrons. The van der Waals surface area contributed by atoms with E-state index in [2.05, 4.69) is 22.7 Å². The molecule has 0 aromatic heterocycles. The number of carbonyl (C=O) groups excluding carboxylic acids is 1. The highest BCUT2D eigenvalue weighted by Gasteiger charge is 2.17. The van der Waals surface area contributed by atoms with Gasteiger partial charge in [0.15, 0.2) is 16.6 Å². The van der Waals surface area contributed by atoms with Crippen LogP contribution in [0.2, 0.25) is 5.02 Å². The van der Waals surface area contributed by atoms with Gasteiger partial charge in [-0.1, -0.05) is 11.6 Å². The number of nitrogens with two attached hydrogens (primary N) is 1. The number of carbonyl (C=O) groups is 1. The number of ether oxygens (including phenoxy) is 3. The van der Waals surface area contributed by atoms with E-state index >= 15 is 0 Å². The van der Waals surface area contributed by atoms with E-state index < -0.39 is 5.97 Å². The van der Waals surface area contributed by atoms with Gasteiger partial charge in [0.25, 0.3) is 0 Å². The molecule has 0 unspecified atom stereocenters. The number of hydrogen-bond donors (Lipinski definition) is 2. The van der Waals surface area contributed by atoms with Crippen molar-refractivity contribution in [3.05, 3.63) is 52.5 Å². The van der Waals surface area contributed by atoms with Gasteiger partial charge in [-0.3, -0.25) is 5.43 Å². The summed E-state index contributed by atoms with van der Waals surface area (Å²) in [4.78, 5) is 12.4. The molecule has 0 saturated carbocycles. The number of nitrogens with one attached hydrogen (secondary N) is 1. The average molecular weight is 408 g/mol. The van der Waals surface area contributed by atoms with Gasteiger partial charge >= 0.3 is 5.97 Å². The second kappa shape index (κ2) is 9.75. The molecule has 3 N–H and O–H groups in total. The molecule has 0 aliphatic rings. The van der Waals surface area contributed by atoms with Gasteiger partial charge in [0.2, 0.25) is 0 Å². The molecule has 9 heteroatoms. The molecular weight excluding hydrogens is 390 g/mol. The molecule has 0 aliphatic carbocycles. The Balaban J connectivity index is 2.27. The van der Waals surface area contributed by atoms with Crippen LogP contribution in [-0.2, 0) is 0 Å². The van der Waals surface area contributed by atoms with Crippen molar-refractivity contribution >= 4 is 41.1 Å². The fourth-order valence-electron chi connectivity index (χ4n) is 2.07. The minimum atomic E-state index is -0.572. The SMILES string of the molecule is CCOc1cc(/C=N\NC(N)=S)cc(Cl)c1OC(=O)c1ccc(OC)cc1. The molecule has 0 atom stereocenters. The number of rotatable bonds is 7. The number of methoxy groups -OCH3 is 1. The number of nitrogens with zero attached hydrogens (tertiary/aromatic N) is 1. The number of esters is 1. The number of hydrazone groups is 1. The monoisotopic (exact) mass is 407 g/mol. The first-order valence-electron chi connectivity index (χ1n) is 7.85. The molecule has 27 heavy (non-hydrogen) atoms. The van der Waals surface area contributed by atoms with Gasteiger partial charge in [-0.05, 0) is 61.1 Å². The fraction of sp³-hybridized carbons (Fsp3) is 0.167. The highest BCUT2D eigenvalue weighted by Crippen LogP contribution is 2.37. The second-order valence-corrected chi connectivity index (χ2v) is 5.96. The van der Waals surface area contributed by atoms with Crippen LogP contribution in [0.25, 0.3) is 0 Å². The summed E-state index contributed by atoms with van der Waals surface area (Å²) in [6, 6.07) is 9.73. The van der Waals surface area contributed by atoms with Gasteiger partial charge in [0.05, 0.1) is 30.5 Å². The smallest absolute Gasteiger partial charge is 0.343 e. The van der Waals surface area contributed by atoms with Crippen LogP contribution in [0.3, 0.4) is 0 Å². The first-order valence-corrected chi connectivity index (χ1v) is 8.64. The van der Waals surface area contributed by atoms with Crippen LogP contribution in [-0.4, -0.2) is 31.0 Å². The van der Waals surface area contributed by atoms with Crippen LogP contribution in [0, 0.1) is 0 Å². The van der Waals surface area contributed by atoms with E-state index in [1.54, 1.807) is 50.4 Å². The third kappa shape index (κ3) is 5.83. The van der Waals surface area contributed by atoms with Crippen LogP contribution in [0.15, 0.2) is 41.5 Å². The van der Waals surface area contributed by atoms with Crippen molar-refractivity contribution in [2.45, 2.75) is 6.92 Å². The van der Waals surface area contributed by atoms with Crippen LogP contribution >= 0.6 is 23.8 Å². The zero-order chi connectivity index (χ0) is 19.8. The third-order valence-corrected chi connectivity index (χ3v) is 3.61. The van der Waals surface area contributed by atoms with E-state index in [9.17, 15) is 4.79 Å². The predicted octanol–water partition coefficient (Wildman–Crippen LogP) is 3.13. The Bertz CT molecular complexity index is 856. The largest absolute Gasteiger partial charge is 0.497 e. The van der Waals surface area contributed by atoms with Crippen molar-refractivity contribution in [2.75, 3.05) is 13.7 Å². The average Bonchev–Trinajstić information content (AvgIpc) is 2.64. The Labute approximate surface area is 167 Å². The van der Waals surface area contributed by atoms with E-state index in [1.807, 2.05) is 0 Å². The van der Waals surface area contributed by atoms with Gasteiger partial charge < -0.3 is 19.9 Å². The Hall–Kier alpha value is -2.84.